The fraction of sp³-hybridized carbons (Fsp3) is 0.0667. The summed E-state index contributed by atoms with van der Waals surface area (Å²) in [5, 5.41) is 10.9. The first kappa shape index (κ1) is 15.2. The summed E-state index contributed by atoms with van der Waals surface area (Å²) in [6, 6.07) is 11.8. The van der Waals surface area contributed by atoms with Crippen LogP contribution >= 0.6 is 15.9 Å². The molecule has 23 heavy (non-hydrogen) atoms. The Kier molecular flexibility index (Phi) is 4.33. The molecular formula is C15H11BrN4O3. The molecule has 0 aliphatic heterocycles. The van der Waals surface area contributed by atoms with Crippen molar-refractivity contribution in [2.45, 2.75) is 0 Å². The van der Waals surface area contributed by atoms with E-state index >= 15 is 0 Å². The molecule has 8 heteroatoms. The molecule has 3 aromatic rings. The minimum atomic E-state index is -0.455. The SMILES string of the molecule is COc1ccc(C(=O)Oc2ccc(-n3cnnn3)cc2)cc1Br. The number of nitrogens with zero attached hydrogens (tertiary/aromatic N) is 4. The van der Waals surface area contributed by atoms with E-state index in [1.54, 1.807) is 49.6 Å². The summed E-state index contributed by atoms with van der Waals surface area (Å²) in [6.45, 7) is 0. The van der Waals surface area contributed by atoms with Crippen LogP contribution in [0.3, 0.4) is 0 Å². The van der Waals surface area contributed by atoms with Gasteiger partial charge in [-0.25, -0.2) is 9.48 Å². The number of hydrogen-bond donors (Lipinski definition) is 0. The molecule has 0 spiro atoms. The van der Waals surface area contributed by atoms with Crippen LogP contribution in [0.15, 0.2) is 53.3 Å². The molecule has 0 saturated heterocycles. The standard InChI is InChI=1S/C15H11BrN4O3/c1-22-14-7-2-10(8-13(14)16)15(21)23-12-5-3-11(4-6-12)20-9-17-18-19-20/h2-9H,1H3. The monoisotopic (exact) mass is 374 g/mol. The number of ether oxygens (including phenoxy) is 2. The Labute approximate surface area is 140 Å². The molecule has 0 N–H and O–H groups in total. The molecule has 0 aliphatic rings. The second-order valence-electron chi connectivity index (χ2n) is 4.49. The van der Waals surface area contributed by atoms with Crippen molar-refractivity contribution in [2.75, 3.05) is 7.11 Å². The van der Waals surface area contributed by atoms with E-state index in [1.807, 2.05) is 0 Å². The van der Waals surface area contributed by atoms with Crippen LogP contribution in [-0.4, -0.2) is 33.3 Å². The van der Waals surface area contributed by atoms with Crippen molar-refractivity contribution in [3.8, 4) is 17.2 Å². The molecule has 0 bridgehead atoms. The third kappa shape index (κ3) is 3.37. The lowest BCUT2D eigenvalue weighted by Crippen LogP contribution is -2.08. The zero-order valence-electron chi connectivity index (χ0n) is 12.0. The number of methoxy groups -OCH3 is 1. The van der Waals surface area contributed by atoms with Gasteiger partial charge in [0.2, 0.25) is 0 Å². The minimum absolute atomic E-state index is 0.419. The van der Waals surface area contributed by atoms with Crippen molar-refractivity contribution in [3.05, 3.63) is 58.8 Å². The number of halogens is 1. The van der Waals surface area contributed by atoms with E-state index < -0.39 is 5.97 Å². The summed E-state index contributed by atoms with van der Waals surface area (Å²) in [4.78, 5) is 12.2. The summed E-state index contributed by atoms with van der Waals surface area (Å²) >= 11 is 3.34. The van der Waals surface area contributed by atoms with Crippen LogP contribution in [0.25, 0.3) is 5.69 Å². The second kappa shape index (κ2) is 6.57. The maximum atomic E-state index is 12.2. The van der Waals surface area contributed by atoms with Crippen molar-refractivity contribution in [2.24, 2.45) is 0 Å². The van der Waals surface area contributed by atoms with E-state index in [-0.39, 0.29) is 0 Å². The van der Waals surface area contributed by atoms with Gasteiger partial charge in [-0.1, -0.05) is 0 Å². The first-order valence-corrected chi connectivity index (χ1v) is 7.36. The molecule has 0 aliphatic carbocycles. The van der Waals surface area contributed by atoms with Gasteiger partial charge in [-0.3, -0.25) is 0 Å². The maximum Gasteiger partial charge on any atom is 0.343 e. The van der Waals surface area contributed by atoms with Gasteiger partial charge in [-0.15, -0.1) is 5.10 Å². The molecule has 7 nitrogen and oxygen atoms in total. The lowest BCUT2D eigenvalue weighted by molar-refractivity contribution is 0.0734. The predicted molar refractivity (Wildman–Crippen MR) is 84.8 cm³/mol. The number of hydrogen-bond acceptors (Lipinski definition) is 6. The first-order valence-electron chi connectivity index (χ1n) is 6.56. The first-order chi connectivity index (χ1) is 11.2. The van der Waals surface area contributed by atoms with Crippen molar-refractivity contribution in [1.29, 1.82) is 0 Å². The van der Waals surface area contributed by atoms with E-state index in [1.165, 1.54) is 11.0 Å². The molecule has 0 unspecified atom stereocenters. The molecule has 0 radical (unpaired) electrons. The Bertz CT molecular complexity index is 819. The molecule has 3 rings (SSSR count). The van der Waals surface area contributed by atoms with Crippen LogP contribution in [-0.2, 0) is 0 Å². The number of carbonyl (C=O) groups is 1. The van der Waals surface area contributed by atoms with Gasteiger partial charge in [0.1, 0.15) is 17.8 Å². The summed E-state index contributed by atoms with van der Waals surface area (Å²) in [5.41, 5.74) is 1.18. The summed E-state index contributed by atoms with van der Waals surface area (Å²) < 4.78 is 12.7. The number of rotatable bonds is 4. The third-order valence-electron chi connectivity index (χ3n) is 3.05. The van der Waals surface area contributed by atoms with Gasteiger partial charge < -0.3 is 9.47 Å². The van der Waals surface area contributed by atoms with Gasteiger partial charge in [-0.05, 0) is 68.8 Å². The average Bonchev–Trinajstić information content (AvgIpc) is 3.10. The number of benzene rings is 2. The van der Waals surface area contributed by atoms with Gasteiger partial charge in [-0.2, -0.15) is 0 Å². The molecule has 0 atom stereocenters. The number of tetrazole rings is 1. The Morgan fingerprint density at radius 2 is 1.96 bits per heavy atom. The highest BCUT2D eigenvalue weighted by molar-refractivity contribution is 9.10. The van der Waals surface area contributed by atoms with Crippen LogP contribution in [0.4, 0.5) is 0 Å². The lowest BCUT2D eigenvalue weighted by atomic mass is 10.2. The van der Waals surface area contributed by atoms with Crippen molar-refractivity contribution in [1.82, 2.24) is 20.2 Å². The number of esters is 1. The average molecular weight is 375 g/mol. The maximum absolute atomic E-state index is 12.2. The molecule has 1 heterocycles. The summed E-state index contributed by atoms with van der Waals surface area (Å²) in [5.74, 6) is 0.620. The van der Waals surface area contributed by atoms with Gasteiger partial charge >= 0.3 is 5.97 Å². The normalized spacial score (nSPS) is 10.3. The lowest BCUT2D eigenvalue weighted by Gasteiger charge is -2.07. The molecule has 116 valence electrons. The van der Waals surface area contributed by atoms with E-state index in [0.717, 1.165) is 5.69 Å². The Morgan fingerprint density at radius 3 is 2.57 bits per heavy atom. The molecule has 0 amide bonds. The van der Waals surface area contributed by atoms with E-state index in [2.05, 4.69) is 31.5 Å². The Hall–Kier alpha value is -2.74. The van der Waals surface area contributed by atoms with E-state index in [9.17, 15) is 4.79 Å². The Balaban J connectivity index is 1.74. The topological polar surface area (TPSA) is 79.1 Å². The predicted octanol–water partition coefficient (Wildman–Crippen LogP) is 2.65. The van der Waals surface area contributed by atoms with Crippen LogP contribution < -0.4 is 9.47 Å². The molecule has 0 saturated carbocycles. The van der Waals surface area contributed by atoms with E-state index in [4.69, 9.17) is 9.47 Å². The zero-order chi connectivity index (χ0) is 16.2. The van der Waals surface area contributed by atoms with Crippen LogP contribution in [0.1, 0.15) is 10.4 Å². The van der Waals surface area contributed by atoms with Crippen LogP contribution in [0.5, 0.6) is 11.5 Å². The van der Waals surface area contributed by atoms with E-state index in [0.29, 0.717) is 21.5 Å². The van der Waals surface area contributed by atoms with Crippen LogP contribution in [0, 0.1) is 0 Å². The van der Waals surface area contributed by atoms with Crippen molar-refractivity contribution in [3.63, 3.8) is 0 Å². The largest absolute Gasteiger partial charge is 0.496 e. The summed E-state index contributed by atoms with van der Waals surface area (Å²) in [6.07, 6.45) is 1.48. The molecular weight excluding hydrogens is 364 g/mol. The molecule has 1 aromatic heterocycles. The third-order valence-corrected chi connectivity index (χ3v) is 3.67. The highest BCUT2D eigenvalue weighted by Gasteiger charge is 2.11. The van der Waals surface area contributed by atoms with Gasteiger partial charge in [0.05, 0.1) is 22.8 Å². The number of aromatic nitrogens is 4. The highest BCUT2D eigenvalue weighted by atomic mass is 79.9. The van der Waals surface area contributed by atoms with Crippen molar-refractivity contribution >= 4 is 21.9 Å². The van der Waals surface area contributed by atoms with Crippen LogP contribution in [0.2, 0.25) is 0 Å². The fourth-order valence-corrected chi connectivity index (χ4v) is 2.45. The van der Waals surface area contributed by atoms with Gasteiger partial charge in [0, 0.05) is 0 Å². The van der Waals surface area contributed by atoms with Gasteiger partial charge in [0.15, 0.2) is 0 Å². The minimum Gasteiger partial charge on any atom is -0.496 e. The quantitative estimate of drug-likeness (QED) is 0.515. The highest BCUT2D eigenvalue weighted by Crippen LogP contribution is 2.26. The Morgan fingerprint density at radius 1 is 1.17 bits per heavy atom. The fourth-order valence-electron chi connectivity index (χ4n) is 1.91. The van der Waals surface area contributed by atoms with Gasteiger partial charge in [0.25, 0.3) is 0 Å². The van der Waals surface area contributed by atoms with Crippen molar-refractivity contribution < 1.29 is 14.3 Å². The smallest absolute Gasteiger partial charge is 0.343 e. The summed E-state index contributed by atoms with van der Waals surface area (Å²) in [7, 11) is 1.56. The molecule has 2 aromatic carbocycles. The molecule has 0 fully saturated rings. The zero-order valence-corrected chi connectivity index (χ0v) is 13.6. The number of carbonyl (C=O) groups excluding carboxylic acids is 1. The second-order valence-corrected chi connectivity index (χ2v) is 5.34.